The monoisotopic (exact) mass is 345 g/mol. The van der Waals surface area contributed by atoms with Crippen LogP contribution in [0.4, 0.5) is 5.69 Å². The van der Waals surface area contributed by atoms with E-state index in [9.17, 15) is 0 Å². The summed E-state index contributed by atoms with van der Waals surface area (Å²) in [5.74, 6) is 1.10. The van der Waals surface area contributed by atoms with Crippen LogP contribution in [0.3, 0.4) is 0 Å². The van der Waals surface area contributed by atoms with Crippen LogP contribution in [-0.2, 0) is 0 Å². The Morgan fingerprint density at radius 1 is 0.692 bits per heavy atom. The van der Waals surface area contributed by atoms with Crippen molar-refractivity contribution in [3.63, 3.8) is 0 Å². The first-order valence-corrected chi connectivity index (χ1v) is 9.30. The summed E-state index contributed by atoms with van der Waals surface area (Å²) in [6.07, 6.45) is 0. The van der Waals surface area contributed by atoms with Crippen LogP contribution in [0.15, 0.2) is 78.9 Å². The van der Waals surface area contributed by atoms with Crippen LogP contribution in [0, 0.1) is 0 Å². The summed E-state index contributed by atoms with van der Waals surface area (Å²) in [4.78, 5) is 2.37. The van der Waals surface area contributed by atoms with Gasteiger partial charge in [0.1, 0.15) is 5.75 Å². The lowest BCUT2D eigenvalue weighted by Gasteiger charge is -2.23. The maximum Gasteiger partial charge on any atom is 0.118 e. The highest BCUT2D eigenvalue weighted by Crippen LogP contribution is 2.33. The van der Waals surface area contributed by atoms with Crippen molar-refractivity contribution in [3.8, 4) is 5.75 Å². The van der Waals surface area contributed by atoms with Gasteiger partial charge in [0.05, 0.1) is 7.11 Å². The third kappa shape index (κ3) is 3.91. The predicted molar refractivity (Wildman–Crippen MR) is 110 cm³/mol. The zero-order valence-corrected chi connectivity index (χ0v) is 15.9. The van der Waals surface area contributed by atoms with E-state index in [1.807, 2.05) is 12.1 Å². The molecule has 0 radical (unpaired) electrons. The number of hydrogen-bond acceptors (Lipinski definition) is 2. The van der Waals surface area contributed by atoms with Crippen LogP contribution in [0.1, 0.15) is 36.5 Å². The molecule has 0 aromatic heterocycles. The van der Waals surface area contributed by atoms with Gasteiger partial charge < -0.3 is 9.64 Å². The van der Waals surface area contributed by atoms with Crippen molar-refractivity contribution < 1.29 is 4.74 Å². The SMILES string of the molecule is CCN(CC)c1ccc(C(c2ccccc2)c2ccc(OC)cc2)cc1. The fourth-order valence-electron chi connectivity index (χ4n) is 3.49. The summed E-state index contributed by atoms with van der Waals surface area (Å²) in [6, 6.07) is 28.1. The van der Waals surface area contributed by atoms with E-state index in [-0.39, 0.29) is 5.92 Å². The second kappa shape index (κ2) is 8.57. The Morgan fingerprint density at radius 2 is 1.19 bits per heavy atom. The molecule has 3 aromatic carbocycles. The number of nitrogens with zero attached hydrogens (tertiary/aromatic N) is 1. The van der Waals surface area contributed by atoms with Gasteiger partial charge in [0.25, 0.3) is 0 Å². The van der Waals surface area contributed by atoms with Crippen molar-refractivity contribution in [2.45, 2.75) is 19.8 Å². The Labute approximate surface area is 157 Å². The summed E-state index contributed by atoms with van der Waals surface area (Å²) in [6.45, 7) is 6.44. The molecule has 1 atom stereocenters. The quantitative estimate of drug-likeness (QED) is 0.508. The topological polar surface area (TPSA) is 12.5 Å². The highest BCUT2D eigenvalue weighted by atomic mass is 16.5. The lowest BCUT2D eigenvalue weighted by molar-refractivity contribution is 0.414. The Hall–Kier alpha value is -2.74. The molecule has 0 aliphatic carbocycles. The Balaban J connectivity index is 2.00. The van der Waals surface area contributed by atoms with E-state index >= 15 is 0 Å². The second-order valence-electron chi connectivity index (χ2n) is 6.38. The molecule has 1 unspecified atom stereocenters. The van der Waals surface area contributed by atoms with E-state index < -0.39 is 0 Å². The van der Waals surface area contributed by atoms with E-state index in [2.05, 4.69) is 85.5 Å². The van der Waals surface area contributed by atoms with Gasteiger partial charge in [-0.3, -0.25) is 0 Å². The van der Waals surface area contributed by atoms with Gasteiger partial charge >= 0.3 is 0 Å². The molecule has 0 heterocycles. The number of ether oxygens (including phenoxy) is 1. The van der Waals surface area contributed by atoms with Crippen molar-refractivity contribution in [2.24, 2.45) is 0 Å². The average Bonchev–Trinajstić information content (AvgIpc) is 2.71. The number of anilines is 1. The molecule has 0 saturated carbocycles. The van der Waals surface area contributed by atoms with Gasteiger partial charge in [0.2, 0.25) is 0 Å². The fourth-order valence-corrected chi connectivity index (χ4v) is 3.49. The molecule has 2 heteroatoms. The van der Waals surface area contributed by atoms with Gasteiger partial charge in [0.15, 0.2) is 0 Å². The summed E-state index contributed by atoms with van der Waals surface area (Å²) in [5.41, 5.74) is 5.15. The standard InChI is InChI=1S/C24H27NO/c1-4-25(5-2)22-15-11-20(12-16-22)24(19-9-7-6-8-10-19)21-13-17-23(26-3)18-14-21/h6-18,24H,4-5H2,1-3H3. The third-order valence-corrected chi connectivity index (χ3v) is 4.94. The van der Waals surface area contributed by atoms with Gasteiger partial charge in [-0.05, 0) is 54.8 Å². The Morgan fingerprint density at radius 3 is 1.69 bits per heavy atom. The number of methoxy groups -OCH3 is 1. The largest absolute Gasteiger partial charge is 0.497 e. The molecule has 0 aliphatic rings. The number of benzene rings is 3. The zero-order valence-electron chi connectivity index (χ0n) is 15.9. The molecule has 2 nitrogen and oxygen atoms in total. The summed E-state index contributed by atoms with van der Waals surface area (Å²) in [5, 5.41) is 0. The summed E-state index contributed by atoms with van der Waals surface area (Å²) in [7, 11) is 1.70. The van der Waals surface area contributed by atoms with E-state index in [1.54, 1.807) is 7.11 Å². The van der Waals surface area contributed by atoms with Crippen LogP contribution in [-0.4, -0.2) is 20.2 Å². The maximum atomic E-state index is 5.32. The van der Waals surface area contributed by atoms with Gasteiger partial charge in [0, 0.05) is 24.7 Å². The first-order chi connectivity index (χ1) is 12.8. The number of rotatable bonds is 7. The molecule has 0 amide bonds. The minimum Gasteiger partial charge on any atom is -0.497 e. The predicted octanol–water partition coefficient (Wildman–Crippen LogP) is 5.72. The summed E-state index contributed by atoms with van der Waals surface area (Å²) < 4.78 is 5.32. The Kier molecular flexibility index (Phi) is 5.96. The van der Waals surface area contributed by atoms with E-state index in [1.165, 1.54) is 22.4 Å². The fraction of sp³-hybridized carbons (Fsp3) is 0.250. The number of hydrogen-bond donors (Lipinski definition) is 0. The lowest BCUT2D eigenvalue weighted by Crippen LogP contribution is -2.21. The first kappa shape index (κ1) is 18.1. The smallest absolute Gasteiger partial charge is 0.118 e. The van der Waals surface area contributed by atoms with Crippen LogP contribution in [0.5, 0.6) is 5.75 Å². The van der Waals surface area contributed by atoms with E-state index in [4.69, 9.17) is 4.74 Å². The third-order valence-electron chi connectivity index (χ3n) is 4.94. The van der Waals surface area contributed by atoms with Crippen molar-refractivity contribution in [1.82, 2.24) is 0 Å². The minimum absolute atomic E-state index is 0.216. The van der Waals surface area contributed by atoms with Crippen LogP contribution < -0.4 is 9.64 Å². The van der Waals surface area contributed by atoms with Gasteiger partial charge in [-0.25, -0.2) is 0 Å². The Bertz CT molecular complexity index is 790. The normalized spacial score (nSPS) is 11.8. The molecule has 3 rings (SSSR count). The van der Waals surface area contributed by atoms with E-state index in [0.29, 0.717) is 0 Å². The minimum atomic E-state index is 0.216. The van der Waals surface area contributed by atoms with Crippen LogP contribution >= 0.6 is 0 Å². The van der Waals surface area contributed by atoms with Gasteiger partial charge in [-0.1, -0.05) is 54.6 Å². The lowest BCUT2D eigenvalue weighted by atomic mass is 9.85. The molecular weight excluding hydrogens is 318 g/mol. The molecule has 0 fully saturated rings. The molecule has 26 heavy (non-hydrogen) atoms. The van der Waals surface area contributed by atoms with Crippen molar-refractivity contribution >= 4 is 5.69 Å². The first-order valence-electron chi connectivity index (χ1n) is 9.30. The molecule has 3 aromatic rings. The molecule has 134 valence electrons. The molecule has 0 N–H and O–H groups in total. The summed E-state index contributed by atoms with van der Waals surface area (Å²) >= 11 is 0. The zero-order chi connectivity index (χ0) is 18.4. The van der Waals surface area contributed by atoms with Crippen molar-refractivity contribution in [3.05, 3.63) is 95.6 Å². The van der Waals surface area contributed by atoms with Crippen LogP contribution in [0.2, 0.25) is 0 Å². The molecule has 0 saturated heterocycles. The average molecular weight is 345 g/mol. The van der Waals surface area contributed by atoms with Gasteiger partial charge in [-0.2, -0.15) is 0 Å². The van der Waals surface area contributed by atoms with E-state index in [0.717, 1.165) is 18.8 Å². The highest BCUT2D eigenvalue weighted by molar-refractivity contribution is 5.51. The van der Waals surface area contributed by atoms with Crippen molar-refractivity contribution in [2.75, 3.05) is 25.1 Å². The van der Waals surface area contributed by atoms with Crippen LogP contribution in [0.25, 0.3) is 0 Å². The molecule has 0 spiro atoms. The second-order valence-corrected chi connectivity index (χ2v) is 6.38. The molecule has 0 aliphatic heterocycles. The van der Waals surface area contributed by atoms with Gasteiger partial charge in [-0.15, -0.1) is 0 Å². The van der Waals surface area contributed by atoms with Crippen molar-refractivity contribution in [1.29, 1.82) is 0 Å². The molecular formula is C24H27NO. The maximum absolute atomic E-state index is 5.32. The molecule has 0 bridgehead atoms. The highest BCUT2D eigenvalue weighted by Gasteiger charge is 2.17.